The van der Waals surface area contributed by atoms with E-state index in [0.29, 0.717) is 0 Å². The van der Waals surface area contributed by atoms with Crippen molar-refractivity contribution in [3.63, 3.8) is 0 Å². The van der Waals surface area contributed by atoms with Gasteiger partial charge in [-0.05, 0) is 298 Å². The summed E-state index contributed by atoms with van der Waals surface area (Å²) in [7, 11) is -4.19. The van der Waals surface area contributed by atoms with Gasteiger partial charge in [-0.2, -0.15) is 22.7 Å². The molecular weight excluding hydrogens is 1310 g/mol. The second-order valence-corrected chi connectivity index (χ2v) is 33.5. The Bertz CT molecular complexity index is 3480. The van der Waals surface area contributed by atoms with Gasteiger partial charge in [-0.15, -0.1) is 32.3 Å². The predicted octanol–water partition coefficient (Wildman–Crippen LogP) is 23.0. The van der Waals surface area contributed by atoms with E-state index >= 15 is 0 Å². The van der Waals surface area contributed by atoms with Gasteiger partial charge in [0.15, 0.2) is 0 Å². The fraction of sp³-hybridized carbons (Fsp3) is 0.286. The molecule has 0 bridgehead atoms. The average Bonchev–Trinajstić information content (AvgIpc) is 0.784. The second kappa shape index (κ2) is 32.0. The van der Waals surface area contributed by atoms with Gasteiger partial charge in [0, 0.05) is 0 Å². The first-order valence-electron chi connectivity index (χ1n) is 32.4. The van der Waals surface area contributed by atoms with Gasteiger partial charge in [-0.1, -0.05) is 190 Å². The molecule has 0 spiro atoms. The van der Waals surface area contributed by atoms with E-state index in [9.17, 15) is 0 Å². The Kier molecular flexibility index (Phi) is 25.7. The minimum Gasteiger partial charge on any atom is -0.654 e. The summed E-state index contributed by atoms with van der Waals surface area (Å²) >= 11 is 0. The van der Waals surface area contributed by atoms with Crippen LogP contribution in [0, 0.1) is 166 Å². The monoisotopic (exact) mass is 1400 g/mol. The normalized spacial score (nSPS) is 11.2. The zero-order chi connectivity index (χ0) is 66.9. The van der Waals surface area contributed by atoms with Gasteiger partial charge >= 0.3 is 33.0 Å². The summed E-state index contributed by atoms with van der Waals surface area (Å²) in [6.45, 7) is 53.5. The van der Waals surface area contributed by atoms with Crippen LogP contribution in [0.15, 0.2) is 146 Å². The fourth-order valence-corrected chi connectivity index (χ4v) is 24.2. The molecular formula is C84H96N4Ni2P4. The second-order valence-electron chi connectivity index (χ2n) is 26.6. The molecule has 94 heavy (non-hydrogen) atoms. The smallest absolute Gasteiger partial charge is 0.654 e. The maximum atomic E-state index is 5.74. The number of rotatable bonds is 16. The van der Waals surface area contributed by atoms with E-state index in [2.05, 4.69) is 312 Å². The van der Waals surface area contributed by atoms with Crippen molar-refractivity contribution in [1.29, 1.82) is 0 Å². The molecule has 10 heteroatoms. The summed E-state index contributed by atoms with van der Waals surface area (Å²) in [5.41, 5.74) is 35.1. The molecule has 0 fully saturated rings. The van der Waals surface area contributed by atoms with Crippen LogP contribution in [-0.4, -0.2) is 0 Å². The van der Waals surface area contributed by atoms with Crippen molar-refractivity contribution in [2.24, 2.45) is 0 Å². The van der Waals surface area contributed by atoms with E-state index in [0.717, 1.165) is 22.7 Å². The van der Waals surface area contributed by atoms with Crippen LogP contribution in [0.25, 0.3) is 20.3 Å². The number of hydrogen-bond acceptors (Lipinski definition) is 0. The molecule has 0 aliphatic heterocycles. The topological polar surface area (TPSA) is 56.4 Å². The molecule has 0 radical (unpaired) electrons. The van der Waals surface area contributed by atoms with E-state index in [4.69, 9.17) is 20.3 Å². The summed E-state index contributed by atoms with van der Waals surface area (Å²) in [5.74, 6) is 0. The molecule has 0 amide bonds. The van der Waals surface area contributed by atoms with E-state index in [1.54, 1.807) is 0 Å². The molecule has 0 aliphatic rings. The van der Waals surface area contributed by atoms with Gasteiger partial charge in [0.1, 0.15) is 0 Å². The van der Waals surface area contributed by atoms with Crippen molar-refractivity contribution in [2.45, 2.75) is 166 Å². The third-order valence-corrected chi connectivity index (χ3v) is 28.1. The van der Waals surface area contributed by atoms with Crippen molar-refractivity contribution in [3.8, 4) is 0 Å². The number of hydrogen-bond donors (Lipinski definition) is 0. The summed E-state index contributed by atoms with van der Waals surface area (Å²) in [6, 6.07) is 54.1. The zero-order valence-corrected chi connectivity index (χ0v) is 65.6. The molecule has 0 saturated heterocycles. The molecule has 10 rings (SSSR count). The molecule has 0 saturated carbocycles. The van der Waals surface area contributed by atoms with Gasteiger partial charge in [0.2, 0.25) is 0 Å². The van der Waals surface area contributed by atoms with Gasteiger partial charge in [-0.25, -0.2) is 0 Å². The van der Waals surface area contributed by atoms with Crippen LogP contribution >= 0.6 is 32.3 Å². The van der Waals surface area contributed by atoms with Gasteiger partial charge in [0.25, 0.3) is 0 Å². The molecule has 0 aromatic heterocycles. The Balaban J connectivity index is 0.000000260. The molecule has 0 unspecified atom stereocenters. The summed E-state index contributed by atoms with van der Waals surface area (Å²) in [5, 5.41) is 33.8. The minimum atomic E-state index is -1.05. The Labute approximate surface area is 591 Å². The molecule has 492 valence electrons. The number of aryl methyl sites for hydroxylation is 24. The van der Waals surface area contributed by atoms with Crippen LogP contribution < -0.4 is 42.4 Å². The Hall–Kier alpha value is -5.89. The first kappa shape index (κ1) is 75.5. The van der Waals surface area contributed by atoms with Crippen LogP contribution in [0.3, 0.4) is 0 Å². The first-order valence-corrected chi connectivity index (χ1v) is 37.6. The van der Waals surface area contributed by atoms with Crippen LogP contribution in [0.1, 0.15) is 134 Å². The number of benzene rings is 10. The molecule has 0 atom stereocenters. The predicted molar refractivity (Wildman–Crippen MR) is 415 cm³/mol. The van der Waals surface area contributed by atoms with Crippen LogP contribution in [0.4, 0.5) is 22.7 Å². The average molecular weight is 1400 g/mol. The summed E-state index contributed by atoms with van der Waals surface area (Å²) in [6.07, 6.45) is 0. The zero-order valence-electron chi connectivity index (χ0n) is 60.1. The standard InChI is InChI=1S/2C42H48N2P2.2Ni/c2*1-25-17-29(5)39(30(6)18-25)45(40-31(7)19-26(2)20-32(40)8)43-37-15-13-14-16-38(37)44-46(41-33(9)21-27(3)22-34(41)10)42-35(11)23-28(4)24-36(42)12;;/h2*13-24H,1-12H3;;/q2*-2;2*+2. The number of nitrogens with zero attached hydrogens (tertiary/aromatic N) is 4. The van der Waals surface area contributed by atoms with Gasteiger partial charge < -0.3 is 20.3 Å². The van der Waals surface area contributed by atoms with Gasteiger partial charge in [-0.3, -0.25) is 0 Å². The Morgan fingerprint density at radius 3 is 0.362 bits per heavy atom. The van der Waals surface area contributed by atoms with Crippen molar-refractivity contribution in [2.75, 3.05) is 0 Å². The van der Waals surface area contributed by atoms with E-state index < -0.39 is 32.3 Å². The van der Waals surface area contributed by atoms with Crippen LogP contribution in [-0.2, 0) is 33.0 Å². The van der Waals surface area contributed by atoms with Crippen molar-refractivity contribution in [1.82, 2.24) is 0 Å². The van der Waals surface area contributed by atoms with E-state index in [1.165, 1.54) is 176 Å². The molecule has 0 heterocycles. The van der Waals surface area contributed by atoms with E-state index in [-0.39, 0.29) is 33.0 Å². The van der Waals surface area contributed by atoms with Crippen molar-refractivity contribution < 1.29 is 33.0 Å². The Morgan fingerprint density at radius 1 is 0.170 bits per heavy atom. The SMILES string of the molecule is Cc1cc(C)c(P([N-]c2ccccc2[N-]P(c2c(C)cc(C)cc2C)c2c(C)cc(C)cc2C)c2c(C)cc(C)cc2C)c(C)c1.Cc1cc(C)c(P([N-]c2ccccc2[N-]P(c2c(C)cc(C)cc2C)c2c(C)cc(C)cc2C)c2c(C)cc(C)cc2C)c(C)c1.[Ni+2].[Ni+2]. The first-order chi connectivity index (χ1) is 43.5. The minimum absolute atomic E-state index is 0. The summed E-state index contributed by atoms with van der Waals surface area (Å²) < 4.78 is 0. The van der Waals surface area contributed by atoms with Crippen LogP contribution in [0.2, 0.25) is 0 Å². The molecule has 10 aromatic carbocycles. The molecule has 4 nitrogen and oxygen atoms in total. The van der Waals surface area contributed by atoms with Crippen molar-refractivity contribution >= 4 is 97.5 Å². The molecule has 0 N–H and O–H groups in total. The third-order valence-electron chi connectivity index (χ3n) is 17.4. The fourth-order valence-electron chi connectivity index (χ4n) is 14.6. The van der Waals surface area contributed by atoms with E-state index in [1.807, 2.05) is 0 Å². The molecule has 10 aromatic rings. The summed E-state index contributed by atoms with van der Waals surface area (Å²) in [4.78, 5) is 0. The third kappa shape index (κ3) is 16.9. The Morgan fingerprint density at radius 2 is 0.266 bits per heavy atom. The maximum absolute atomic E-state index is 5.74. The quantitative estimate of drug-likeness (QED) is 0.0684. The maximum Gasteiger partial charge on any atom is 2.00 e. The largest absolute Gasteiger partial charge is 2.00 e. The van der Waals surface area contributed by atoms with Crippen molar-refractivity contribution in [3.05, 3.63) is 299 Å². The van der Waals surface area contributed by atoms with Crippen LogP contribution in [0.5, 0.6) is 0 Å². The molecule has 0 aliphatic carbocycles. The van der Waals surface area contributed by atoms with Gasteiger partial charge in [0.05, 0.1) is 0 Å².